The highest BCUT2D eigenvalue weighted by molar-refractivity contribution is 5.20. The van der Waals surface area contributed by atoms with Crippen LogP contribution in [0, 0.1) is 6.92 Å². The molecule has 0 aliphatic carbocycles. The molecule has 0 aliphatic heterocycles. The zero-order valence-corrected chi connectivity index (χ0v) is 8.96. The average molecular weight is 233 g/mol. The van der Waals surface area contributed by atoms with Gasteiger partial charge in [0.2, 0.25) is 0 Å². The van der Waals surface area contributed by atoms with Gasteiger partial charge in [0.05, 0.1) is 6.10 Å². The fraction of sp³-hybridized carbons (Fsp3) is 0.545. The van der Waals surface area contributed by atoms with Crippen LogP contribution >= 0.6 is 0 Å². The predicted octanol–water partition coefficient (Wildman–Crippen LogP) is 3.16. The lowest BCUT2D eigenvalue weighted by molar-refractivity contribution is -0.136. The molecule has 0 aromatic carbocycles. The Balaban J connectivity index is 2.47. The number of rotatable bonds is 4. The normalized spacial score (nSPS) is 13.8. The van der Waals surface area contributed by atoms with Gasteiger partial charge in [0.25, 0.3) is 0 Å². The van der Waals surface area contributed by atoms with E-state index < -0.39 is 18.7 Å². The summed E-state index contributed by atoms with van der Waals surface area (Å²) in [5.41, 5.74) is 1.26. The second-order valence-corrected chi connectivity index (χ2v) is 3.70. The number of aliphatic hydroxyl groups excluding tert-OH is 1. The smallest absolute Gasteiger partial charge is 0.388 e. The Labute approximate surface area is 92.1 Å². The van der Waals surface area contributed by atoms with Crippen LogP contribution in [0.5, 0.6) is 0 Å². The maximum atomic E-state index is 11.9. The third kappa shape index (κ3) is 4.18. The lowest BCUT2D eigenvalue weighted by Gasteiger charge is -2.13. The summed E-state index contributed by atoms with van der Waals surface area (Å²) in [6.45, 7) is 1.72. The molecule has 0 saturated heterocycles. The standard InChI is InChI=1S/C11H14F3NO/c1-8-9(4-3-7-15-8)10(16)5-2-6-11(12,13)14/h3-4,7,10,16H,2,5-6H2,1H3. The first-order valence-corrected chi connectivity index (χ1v) is 5.06. The van der Waals surface area contributed by atoms with Crippen LogP contribution in [-0.4, -0.2) is 16.3 Å². The van der Waals surface area contributed by atoms with E-state index in [1.165, 1.54) is 0 Å². The highest BCUT2D eigenvalue weighted by Crippen LogP contribution is 2.26. The number of aromatic nitrogens is 1. The lowest BCUT2D eigenvalue weighted by Crippen LogP contribution is -2.08. The van der Waals surface area contributed by atoms with Gasteiger partial charge < -0.3 is 5.11 Å². The van der Waals surface area contributed by atoms with Crippen molar-refractivity contribution in [1.29, 1.82) is 0 Å². The molecule has 1 heterocycles. The van der Waals surface area contributed by atoms with Crippen LogP contribution < -0.4 is 0 Å². The summed E-state index contributed by atoms with van der Waals surface area (Å²) < 4.78 is 35.7. The molecule has 1 atom stereocenters. The minimum atomic E-state index is -4.15. The number of halogens is 3. The third-order valence-corrected chi connectivity index (χ3v) is 2.34. The molecule has 1 aromatic heterocycles. The van der Waals surface area contributed by atoms with Gasteiger partial charge in [0.15, 0.2) is 0 Å². The second kappa shape index (κ2) is 5.30. The molecule has 2 nitrogen and oxygen atoms in total. The van der Waals surface area contributed by atoms with Crippen molar-refractivity contribution in [1.82, 2.24) is 4.98 Å². The monoisotopic (exact) mass is 233 g/mol. The van der Waals surface area contributed by atoms with Gasteiger partial charge in [-0.1, -0.05) is 6.07 Å². The molecule has 0 bridgehead atoms. The molecule has 0 saturated carbocycles. The lowest BCUT2D eigenvalue weighted by atomic mass is 10.0. The Hall–Kier alpha value is -1.10. The zero-order valence-electron chi connectivity index (χ0n) is 8.96. The summed E-state index contributed by atoms with van der Waals surface area (Å²) in [7, 11) is 0. The first-order valence-electron chi connectivity index (χ1n) is 5.06. The molecule has 0 fully saturated rings. The van der Waals surface area contributed by atoms with Gasteiger partial charge in [-0.2, -0.15) is 13.2 Å². The van der Waals surface area contributed by atoms with Gasteiger partial charge >= 0.3 is 6.18 Å². The van der Waals surface area contributed by atoms with Crippen LogP contribution in [0.3, 0.4) is 0 Å². The topological polar surface area (TPSA) is 33.1 Å². The summed E-state index contributed by atoms with van der Waals surface area (Å²) in [4.78, 5) is 3.97. The molecule has 1 N–H and O–H groups in total. The molecule has 0 radical (unpaired) electrons. The molecule has 0 amide bonds. The minimum absolute atomic E-state index is 0.0704. The summed E-state index contributed by atoms with van der Waals surface area (Å²) in [6, 6.07) is 3.34. The van der Waals surface area contributed by atoms with Gasteiger partial charge in [-0.3, -0.25) is 4.98 Å². The molecule has 1 aromatic rings. The van der Waals surface area contributed by atoms with Gasteiger partial charge in [0, 0.05) is 23.9 Å². The van der Waals surface area contributed by atoms with Crippen molar-refractivity contribution in [2.75, 3.05) is 0 Å². The van der Waals surface area contributed by atoms with E-state index in [1.54, 1.807) is 25.3 Å². The van der Waals surface area contributed by atoms with Crippen molar-refractivity contribution in [2.45, 2.75) is 38.5 Å². The molecule has 1 rings (SSSR count). The second-order valence-electron chi connectivity index (χ2n) is 3.70. The van der Waals surface area contributed by atoms with E-state index in [4.69, 9.17) is 0 Å². The number of aliphatic hydroxyl groups is 1. The third-order valence-electron chi connectivity index (χ3n) is 2.34. The van der Waals surface area contributed by atoms with E-state index in [9.17, 15) is 18.3 Å². The molecule has 0 spiro atoms. The fourth-order valence-corrected chi connectivity index (χ4v) is 1.50. The van der Waals surface area contributed by atoms with E-state index in [2.05, 4.69) is 4.98 Å². The summed E-state index contributed by atoms with van der Waals surface area (Å²) >= 11 is 0. The first-order chi connectivity index (χ1) is 7.40. The van der Waals surface area contributed by atoms with Crippen molar-refractivity contribution in [3.63, 3.8) is 0 Å². The highest BCUT2D eigenvalue weighted by atomic mass is 19.4. The van der Waals surface area contributed by atoms with E-state index in [0.717, 1.165) is 0 Å². The summed E-state index contributed by atoms with van der Waals surface area (Å²) in [6.07, 6.45) is -4.25. The van der Waals surface area contributed by atoms with Gasteiger partial charge in [0.1, 0.15) is 0 Å². The van der Waals surface area contributed by atoms with Crippen LogP contribution in [0.4, 0.5) is 13.2 Å². The van der Waals surface area contributed by atoms with Crippen molar-refractivity contribution >= 4 is 0 Å². The van der Waals surface area contributed by atoms with Gasteiger partial charge in [-0.15, -0.1) is 0 Å². The van der Waals surface area contributed by atoms with Crippen LogP contribution in [0.15, 0.2) is 18.3 Å². The molecular formula is C11H14F3NO. The maximum absolute atomic E-state index is 11.9. The number of pyridine rings is 1. The fourth-order valence-electron chi connectivity index (χ4n) is 1.50. The van der Waals surface area contributed by atoms with E-state index in [0.29, 0.717) is 11.3 Å². The predicted molar refractivity (Wildman–Crippen MR) is 53.8 cm³/mol. The SMILES string of the molecule is Cc1ncccc1C(O)CCCC(F)(F)F. The Morgan fingerprint density at radius 2 is 2.12 bits per heavy atom. The molecule has 0 aliphatic rings. The van der Waals surface area contributed by atoms with Crippen molar-refractivity contribution in [3.8, 4) is 0 Å². The van der Waals surface area contributed by atoms with Crippen molar-refractivity contribution in [3.05, 3.63) is 29.6 Å². The van der Waals surface area contributed by atoms with Crippen molar-refractivity contribution in [2.24, 2.45) is 0 Å². The largest absolute Gasteiger partial charge is 0.389 e. The molecule has 16 heavy (non-hydrogen) atoms. The number of hydrogen-bond acceptors (Lipinski definition) is 2. The van der Waals surface area contributed by atoms with Crippen LogP contribution in [-0.2, 0) is 0 Å². The average Bonchev–Trinajstić information content (AvgIpc) is 2.16. The van der Waals surface area contributed by atoms with E-state index in [-0.39, 0.29) is 12.8 Å². The number of nitrogens with zero attached hydrogens (tertiary/aromatic N) is 1. The Bertz CT molecular complexity index is 338. The molecule has 1 unspecified atom stereocenters. The first kappa shape index (κ1) is 13.0. The number of alkyl halides is 3. The highest BCUT2D eigenvalue weighted by Gasteiger charge is 2.26. The van der Waals surface area contributed by atoms with E-state index >= 15 is 0 Å². The summed E-state index contributed by atoms with van der Waals surface area (Å²) in [5, 5.41) is 9.69. The Kier molecular flexibility index (Phi) is 4.29. The quantitative estimate of drug-likeness (QED) is 0.866. The minimum Gasteiger partial charge on any atom is -0.388 e. The Morgan fingerprint density at radius 1 is 1.44 bits per heavy atom. The van der Waals surface area contributed by atoms with Crippen LogP contribution in [0.25, 0.3) is 0 Å². The number of hydrogen-bond donors (Lipinski definition) is 1. The maximum Gasteiger partial charge on any atom is 0.389 e. The molecule has 5 heteroatoms. The molecule has 90 valence electrons. The summed E-state index contributed by atoms with van der Waals surface area (Å²) in [5.74, 6) is 0. The van der Waals surface area contributed by atoms with Crippen LogP contribution in [0.1, 0.15) is 36.6 Å². The van der Waals surface area contributed by atoms with E-state index in [1.807, 2.05) is 0 Å². The van der Waals surface area contributed by atoms with Gasteiger partial charge in [-0.25, -0.2) is 0 Å². The number of aryl methyl sites for hydroxylation is 1. The Morgan fingerprint density at radius 3 is 2.69 bits per heavy atom. The van der Waals surface area contributed by atoms with Gasteiger partial charge in [-0.05, 0) is 25.8 Å². The van der Waals surface area contributed by atoms with Crippen LogP contribution in [0.2, 0.25) is 0 Å². The van der Waals surface area contributed by atoms with Crippen molar-refractivity contribution < 1.29 is 18.3 Å². The zero-order chi connectivity index (χ0) is 12.2. The molecular weight excluding hydrogens is 219 g/mol.